The average Bonchev–Trinajstić information content (AvgIpc) is 3.28. The number of aromatic nitrogens is 3. The first-order chi connectivity index (χ1) is 19.3. The maximum Gasteiger partial charge on any atom is 0.338 e. The van der Waals surface area contributed by atoms with E-state index >= 15 is 0 Å². The van der Waals surface area contributed by atoms with Gasteiger partial charge in [0.1, 0.15) is 35.3 Å². The number of hydrogen-bond acceptors (Lipinski definition) is 7. The molecule has 4 aromatic rings. The van der Waals surface area contributed by atoms with Gasteiger partial charge in [0.15, 0.2) is 0 Å². The number of aryl methyl sites for hydroxylation is 1. The van der Waals surface area contributed by atoms with Crippen molar-refractivity contribution in [3.63, 3.8) is 0 Å². The smallest absolute Gasteiger partial charge is 0.338 e. The van der Waals surface area contributed by atoms with Gasteiger partial charge in [0.25, 0.3) is 0 Å². The fourth-order valence-electron chi connectivity index (χ4n) is 4.99. The summed E-state index contributed by atoms with van der Waals surface area (Å²) in [6.07, 6.45) is 1.79. The molecule has 0 radical (unpaired) electrons. The van der Waals surface area contributed by atoms with Gasteiger partial charge in [-0.2, -0.15) is 0 Å². The van der Waals surface area contributed by atoms with E-state index in [1.54, 1.807) is 25.3 Å². The Morgan fingerprint density at radius 2 is 1.85 bits per heavy atom. The molecule has 1 fully saturated rings. The molecule has 5 rings (SSSR count). The first-order valence-electron chi connectivity index (χ1n) is 12.8. The second kappa shape index (κ2) is 11.8. The second-order valence-electron chi connectivity index (χ2n) is 9.72. The van der Waals surface area contributed by atoms with Gasteiger partial charge in [0.2, 0.25) is 5.88 Å². The second-order valence-corrected chi connectivity index (χ2v) is 10.1. The maximum atomic E-state index is 14.1. The normalized spacial score (nSPS) is 14.4. The topological polar surface area (TPSA) is 78.7 Å². The van der Waals surface area contributed by atoms with E-state index in [1.807, 2.05) is 23.7 Å². The molecule has 8 nitrogen and oxygen atoms in total. The first-order valence-corrected chi connectivity index (χ1v) is 13.2. The van der Waals surface area contributed by atoms with Crippen LogP contribution in [0.4, 0.5) is 8.78 Å². The van der Waals surface area contributed by atoms with Crippen LogP contribution in [0.2, 0.25) is 5.02 Å². The molecule has 0 unspecified atom stereocenters. The molecule has 1 aliphatic heterocycles. The van der Waals surface area contributed by atoms with Crippen LogP contribution in [0.5, 0.6) is 11.6 Å². The summed E-state index contributed by atoms with van der Waals surface area (Å²) in [5.41, 5.74) is 2.88. The number of pyridine rings is 1. The maximum absolute atomic E-state index is 14.1. The number of carbonyl (C=O) groups excluding carboxylic acids is 1. The molecule has 2 aromatic carbocycles. The SMILES string of the molecule is COC(=O)c1cc(OC)c2nc(CN3CCC(c4cccc(OCc5cc(F)c(Cl)cc5F)n4)CC3)n(C)c2c1. The van der Waals surface area contributed by atoms with Crippen LogP contribution >= 0.6 is 11.6 Å². The lowest BCUT2D eigenvalue weighted by atomic mass is 9.93. The number of likely N-dealkylation sites (tertiary alicyclic amines) is 1. The Morgan fingerprint density at radius 3 is 2.58 bits per heavy atom. The van der Waals surface area contributed by atoms with Crippen molar-refractivity contribution in [2.45, 2.75) is 31.9 Å². The van der Waals surface area contributed by atoms with Crippen molar-refractivity contribution in [1.82, 2.24) is 19.4 Å². The summed E-state index contributed by atoms with van der Waals surface area (Å²) < 4.78 is 45.8. The van der Waals surface area contributed by atoms with E-state index in [9.17, 15) is 13.6 Å². The van der Waals surface area contributed by atoms with Gasteiger partial charge in [0.05, 0.1) is 36.9 Å². The molecule has 210 valence electrons. The number of imidazole rings is 1. The van der Waals surface area contributed by atoms with Crippen LogP contribution in [-0.4, -0.2) is 52.7 Å². The van der Waals surface area contributed by atoms with Gasteiger partial charge in [-0.25, -0.2) is 23.5 Å². The van der Waals surface area contributed by atoms with Gasteiger partial charge in [-0.3, -0.25) is 4.90 Å². The number of esters is 1. The molecule has 40 heavy (non-hydrogen) atoms. The Morgan fingerprint density at radius 1 is 1.07 bits per heavy atom. The fraction of sp³-hybridized carbons (Fsp3) is 0.345. The van der Waals surface area contributed by atoms with Crippen LogP contribution in [0.25, 0.3) is 11.0 Å². The third kappa shape index (κ3) is 5.73. The third-order valence-electron chi connectivity index (χ3n) is 7.27. The Hall–Kier alpha value is -3.76. The predicted octanol–water partition coefficient (Wildman–Crippen LogP) is 5.65. The van der Waals surface area contributed by atoms with Gasteiger partial charge in [0, 0.05) is 30.3 Å². The largest absolute Gasteiger partial charge is 0.494 e. The van der Waals surface area contributed by atoms with E-state index in [0.29, 0.717) is 29.3 Å². The lowest BCUT2D eigenvalue weighted by molar-refractivity contribution is 0.0600. The lowest BCUT2D eigenvalue weighted by Gasteiger charge is -2.31. The van der Waals surface area contributed by atoms with Gasteiger partial charge in [-0.05, 0) is 56.3 Å². The Bertz CT molecular complexity index is 1550. The molecule has 0 spiro atoms. The zero-order chi connectivity index (χ0) is 28.4. The monoisotopic (exact) mass is 570 g/mol. The number of rotatable bonds is 8. The van der Waals surface area contributed by atoms with E-state index in [0.717, 1.165) is 55.1 Å². The first kappa shape index (κ1) is 27.8. The highest BCUT2D eigenvalue weighted by Crippen LogP contribution is 2.31. The summed E-state index contributed by atoms with van der Waals surface area (Å²) in [5.74, 6) is 0.238. The van der Waals surface area contributed by atoms with Crippen molar-refractivity contribution in [3.8, 4) is 11.6 Å². The van der Waals surface area contributed by atoms with E-state index in [1.165, 1.54) is 7.11 Å². The number of carbonyl (C=O) groups is 1. The number of methoxy groups -OCH3 is 2. The number of piperidine rings is 1. The van der Waals surface area contributed by atoms with Crippen LogP contribution in [0, 0.1) is 11.6 Å². The molecular weight excluding hydrogens is 542 g/mol. The van der Waals surface area contributed by atoms with Crippen molar-refractivity contribution in [2.24, 2.45) is 7.05 Å². The van der Waals surface area contributed by atoms with E-state index < -0.39 is 17.6 Å². The summed E-state index contributed by atoms with van der Waals surface area (Å²) in [6, 6.07) is 10.9. The zero-order valence-corrected chi connectivity index (χ0v) is 23.2. The molecule has 1 aliphatic rings. The number of benzene rings is 2. The number of nitrogens with zero attached hydrogens (tertiary/aromatic N) is 4. The van der Waals surface area contributed by atoms with Crippen LogP contribution in [0.3, 0.4) is 0 Å². The number of hydrogen-bond donors (Lipinski definition) is 0. The fourth-order valence-corrected chi connectivity index (χ4v) is 5.14. The van der Waals surface area contributed by atoms with E-state index in [-0.39, 0.29) is 23.1 Å². The van der Waals surface area contributed by atoms with Crippen molar-refractivity contribution in [3.05, 3.63) is 81.8 Å². The molecule has 0 aliphatic carbocycles. The zero-order valence-electron chi connectivity index (χ0n) is 22.4. The minimum atomic E-state index is -0.696. The van der Waals surface area contributed by atoms with E-state index in [4.69, 9.17) is 30.8 Å². The molecular formula is C29H29ClF2N4O4. The highest BCUT2D eigenvalue weighted by atomic mass is 35.5. The Labute approximate surface area is 235 Å². The highest BCUT2D eigenvalue weighted by Gasteiger charge is 2.24. The van der Waals surface area contributed by atoms with Crippen molar-refractivity contribution in [2.75, 3.05) is 27.3 Å². The molecule has 0 amide bonds. The quantitative estimate of drug-likeness (QED) is 0.200. The number of ether oxygens (including phenoxy) is 3. The minimum Gasteiger partial charge on any atom is -0.494 e. The number of halogens is 3. The molecule has 0 bridgehead atoms. The van der Waals surface area contributed by atoms with Crippen LogP contribution in [-0.2, 0) is 24.9 Å². The van der Waals surface area contributed by atoms with Crippen LogP contribution < -0.4 is 9.47 Å². The van der Waals surface area contributed by atoms with E-state index in [2.05, 4.69) is 9.88 Å². The number of fused-ring (bicyclic) bond motifs is 1. The lowest BCUT2D eigenvalue weighted by Crippen LogP contribution is -2.33. The summed E-state index contributed by atoms with van der Waals surface area (Å²) in [6.45, 7) is 2.19. The molecule has 3 heterocycles. The predicted molar refractivity (Wildman–Crippen MR) is 146 cm³/mol. The van der Waals surface area contributed by atoms with Gasteiger partial charge in [-0.1, -0.05) is 17.7 Å². The molecule has 1 saturated heterocycles. The van der Waals surface area contributed by atoms with Gasteiger partial charge >= 0.3 is 5.97 Å². The van der Waals surface area contributed by atoms with Gasteiger partial charge < -0.3 is 18.8 Å². The van der Waals surface area contributed by atoms with Crippen LogP contribution in [0.1, 0.15) is 46.2 Å². The molecule has 0 saturated carbocycles. The summed E-state index contributed by atoms with van der Waals surface area (Å²) >= 11 is 5.63. The molecule has 0 atom stereocenters. The molecule has 0 N–H and O–H groups in total. The van der Waals surface area contributed by atoms with Crippen molar-refractivity contribution < 1.29 is 27.8 Å². The van der Waals surface area contributed by atoms with Gasteiger partial charge in [-0.15, -0.1) is 0 Å². The Balaban J connectivity index is 1.23. The third-order valence-corrected chi connectivity index (χ3v) is 7.56. The van der Waals surface area contributed by atoms with Crippen LogP contribution in [0.15, 0.2) is 42.5 Å². The summed E-state index contributed by atoms with van der Waals surface area (Å²) in [4.78, 5) is 23.9. The average molecular weight is 571 g/mol. The Kier molecular flexibility index (Phi) is 8.18. The van der Waals surface area contributed by atoms with Crippen molar-refractivity contribution in [1.29, 1.82) is 0 Å². The molecule has 2 aromatic heterocycles. The summed E-state index contributed by atoms with van der Waals surface area (Å²) in [7, 11) is 4.83. The highest BCUT2D eigenvalue weighted by molar-refractivity contribution is 6.30. The summed E-state index contributed by atoms with van der Waals surface area (Å²) in [5, 5.41) is -0.267. The van der Waals surface area contributed by atoms with Crippen molar-refractivity contribution >= 4 is 28.6 Å². The minimum absolute atomic E-state index is 0.0727. The standard InChI is InChI=1S/C29H29ClF2N4O4/c1-35-24-12-18(29(37)39-3)13-25(38-2)28(24)34-26(35)15-36-9-7-17(8-10-36)23-5-4-6-27(33-23)40-16-19-11-22(32)20(30)14-21(19)31/h4-6,11-14,17H,7-10,15-16H2,1-3H3. The molecule has 11 heteroatoms.